The molecule has 2 N–H and O–H groups in total. The summed E-state index contributed by atoms with van der Waals surface area (Å²) >= 11 is 0. The van der Waals surface area contributed by atoms with Crippen LogP contribution in [0.2, 0.25) is 0 Å². The Morgan fingerprint density at radius 3 is 2.48 bits per heavy atom. The molecule has 0 radical (unpaired) electrons. The van der Waals surface area contributed by atoms with Gasteiger partial charge in [0, 0.05) is 19.5 Å². The van der Waals surface area contributed by atoms with E-state index in [0.717, 1.165) is 5.56 Å². The van der Waals surface area contributed by atoms with Gasteiger partial charge in [-0.15, -0.1) is 0 Å². The van der Waals surface area contributed by atoms with E-state index in [1.165, 1.54) is 4.68 Å². The van der Waals surface area contributed by atoms with Crippen molar-refractivity contribution in [1.82, 2.24) is 15.1 Å². The van der Waals surface area contributed by atoms with E-state index in [1.807, 2.05) is 13.0 Å². The molecular weight excluding hydrogens is 344 g/mol. The highest BCUT2D eigenvalue weighted by Crippen LogP contribution is 2.20. The molecule has 27 heavy (non-hydrogen) atoms. The topological polar surface area (TPSA) is 93.1 Å². The number of aromatic nitrogens is 2. The maximum Gasteiger partial charge on any atom is 0.274 e. The minimum absolute atomic E-state index is 0.0181. The third kappa shape index (κ3) is 3.57. The second-order valence-electron chi connectivity index (χ2n) is 6.22. The fourth-order valence-corrected chi connectivity index (χ4v) is 3.05. The summed E-state index contributed by atoms with van der Waals surface area (Å²) in [5, 5.41) is 10.8. The van der Waals surface area contributed by atoms with E-state index in [4.69, 9.17) is 0 Å². The Morgan fingerprint density at radius 1 is 1.07 bits per heavy atom. The Bertz CT molecular complexity index is 1100. The van der Waals surface area contributed by atoms with Gasteiger partial charge in [0.2, 0.25) is 5.91 Å². The fourth-order valence-electron chi connectivity index (χ4n) is 3.05. The zero-order valence-corrected chi connectivity index (χ0v) is 15.4. The van der Waals surface area contributed by atoms with Crippen LogP contribution in [0.4, 0.5) is 5.69 Å². The molecule has 0 saturated heterocycles. The van der Waals surface area contributed by atoms with Crippen LogP contribution in [0.25, 0.3) is 10.8 Å². The van der Waals surface area contributed by atoms with Crippen molar-refractivity contribution < 1.29 is 9.59 Å². The quantitative estimate of drug-likeness (QED) is 0.738. The van der Waals surface area contributed by atoms with Crippen molar-refractivity contribution in [1.29, 1.82) is 0 Å². The lowest BCUT2D eigenvalue weighted by molar-refractivity contribution is -0.115. The van der Waals surface area contributed by atoms with Crippen LogP contribution < -0.4 is 16.2 Å². The zero-order valence-electron chi connectivity index (χ0n) is 15.4. The number of anilines is 1. The number of aryl methyl sites for hydroxylation is 2. The maximum absolute atomic E-state index is 12.6. The molecule has 0 bridgehead atoms. The normalized spacial score (nSPS) is 10.6. The summed E-state index contributed by atoms with van der Waals surface area (Å²) in [5.41, 5.74) is 1.91. The minimum atomic E-state index is -0.318. The van der Waals surface area contributed by atoms with Crippen LogP contribution in [-0.2, 0) is 18.3 Å². The van der Waals surface area contributed by atoms with Crippen LogP contribution in [0.3, 0.4) is 0 Å². The number of nitrogens with zero attached hydrogens (tertiary/aromatic N) is 2. The molecule has 3 aromatic rings. The van der Waals surface area contributed by atoms with Gasteiger partial charge >= 0.3 is 0 Å². The summed E-state index contributed by atoms with van der Waals surface area (Å²) in [4.78, 5) is 37.0. The number of fused-ring (bicyclic) bond motifs is 1. The summed E-state index contributed by atoms with van der Waals surface area (Å²) < 4.78 is 1.23. The van der Waals surface area contributed by atoms with Gasteiger partial charge in [-0.05, 0) is 24.6 Å². The first-order valence-electron chi connectivity index (χ1n) is 8.49. The van der Waals surface area contributed by atoms with Crippen LogP contribution in [0.15, 0.2) is 47.3 Å². The van der Waals surface area contributed by atoms with Crippen molar-refractivity contribution >= 4 is 28.3 Å². The van der Waals surface area contributed by atoms with Crippen molar-refractivity contribution in [3.63, 3.8) is 0 Å². The van der Waals surface area contributed by atoms with Gasteiger partial charge in [0.1, 0.15) is 0 Å². The molecule has 0 atom stereocenters. The van der Waals surface area contributed by atoms with Crippen LogP contribution >= 0.6 is 0 Å². The molecule has 0 aliphatic carbocycles. The molecule has 1 aromatic heterocycles. The predicted molar refractivity (Wildman–Crippen MR) is 104 cm³/mol. The lowest BCUT2D eigenvalue weighted by Crippen LogP contribution is -2.25. The summed E-state index contributed by atoms with van der Waals surface area (Å²) in [6.07, 6.45) is -0.0181. The molecule has 0 saturated carbocycles. The summed E-state index contributed by atoms with van der Waals surface area (Å²) in [6, 6.07) is 12.3. The Hall–Kier alpha value is -3.48. The number of carbonyl (C=O) groups is 2. The third-order valence-corrected chi connectivity index (χ3v) is 4.36. The first-order chi connectivity index (χ1) is 12.9. The van der Waals surface area contributed by atoms with Gasteiger partial charge in [-0.1, -0.05) is 30.3 Å². The van der Waals surface area contributed by atoms with Crippen molar-refractivity contribution in [3.05, 3.63) is 69.6 Å². The lowest BCUT2D eigenvalue weighted by Gasteiger charge is -2.13. The number of amides is 2. The smallest absolute Gasteiger partial charge is 0.274 e. The van der Waals surface area contributed by atoms with Gasteiger partial charge in [0.05, 0.1) is 28.8 Å². The molecule has 7 heteroatoms. The summed E-state index contributed by atoms with van der Waals surface area (Å²) in [5.74, 6) is -0.587. The molecule has 2 aromatic carbocycles. The molecule has 1 heterocycles. The number of nitrogens with one attached hydrogen (secondary N) is 2. The SMILES string of the molecule is CNC(=O)c1c(C)cccc1NC(=O)Cc1nn(C)c(=O)c2ccccc12. The van der Waals surface area contributed by atoms with Crippen molar-refractivity contribution in [2.45, 2.75) is 13.3 Å². The van der Waals surface area contributed by atoms with Gasteiger partial charge in [0.15, 0.2) is 0 Å². The first-order valence-corrected chi connectivity index (χ1v) is 8.49. The average Bonchev–Trinajstić information content (AvgIpc) is 2.65. The monoisotopic (exact) mass is 364 g/mol. The number of hydrogen-bond acceptors (Lipinski definition) is 4. The van der Waals surface area contributed by atoms with Crippen LogP contribution in [-0.4, -0.2) is 28.6 Å². The van der Waals surface area contributed by atoms with Crippen LogP contribution in [0.1, 0.15) is 21.6 Å². The Labute approximate surface area is 156 Å². The zero-order chi connectivity index (χ0) is 19.6. The first kappa shape index (κ1) is 18.3. The standard InChI is InChI=1S/C20H20N4O3/c1-12-7-6-10-15(18(12)19(26)21-2)22-17(25)11-16-13-8-4-5-9-14(13)20(27)24(3)23-16/h4-10H,11H2,1-3H3,(H,21,26)(H,22,25). The molecule has 0 unspecified atom stereocenters. The molecule has 7 nitrogen and oxygen atoms in total. The second kappa shape index (κ2) is 7.41. The van der Waals surface area contributed by atoms with E-state index in [1.54, 1.807) is 50.5 Å². The van der Waals surface area contributed by atoms with Crippen molar-refractivity contribution in [2.24, 2.45) is 7.05 Å². The predicted octanol–water partition coefficient (Wildman–Crippen LogP) is 1.78. The number of benzene rings is 2. The van der Waals surface area contributed by atoms with Crippen molar-refractivity contribution in [3.8, 4) is 0 Å². The van der Waals surface area contributed by atoms with Gasteiger partial charge in [-0.3, -0.25) is 14.4 Å². The van der Waals surface area contributed by atoms with E-state index in [2.05, 4.69) is 15.7 Å². The van der Waals surface area contributed by atoms with Gasteiger partial charge in [-0.25, -0.2) is 4.68 Å². The van der Waals surface area contributed by atoms with E-state index in [-0.39, 0.29) is 23.8 Å². The molecule has 0 aliphatic heterocycles. The number of hydrogen-bond donors (Lipinski definition) is 2. The Balaban J connectivity index is 1.94. The number of carbonyl (C=O) groups excluding carboxylic acids is 2. The van der Waals surface area contributed by atoms with E-state index in [9.17, 15) is 14.4 Å². The summed E-state index contributed by atoms with van der Waals surface area (Å²) in [7, 11) is 3.10. The molecule has 0 aliphatic rings. The van der Waals surface area contributed by atoms with E-state index in [0.29, 0.717) is 27.7 Å². The molecule has 2 amide bonds. The maximum atomic E-state index is 12.6. The van der Waals surface area contributed by atoms with Crippen LogP contribution in [0.5, 0.6) is 0 Å². The van der Waals surface area contributed by atoms with E-state index < -0.39 is 0 Å². The Kier molecular flexibility index (Phi) is 5.03. The highest BCUT2D eigenvalue weighted by molar-refractivity contribution is 6.05. The number of rotatable bonds is 4. The lowest BCUT2D eigenvalue weighted by atomic mass is 10.1. The van der Waals surface area contributed by atoms with Gasteiger partial charge < -0.3 is 10.6 Å². The highest BCUT2D eigenvalue weighted by atomic mass is 16.2. The average molecular weight is 364 g/mol. The largest absolute Gasteiger partial charge is 0.355 e. The highest BCUT2D eigenvalue weighted by Gasteiger charge is 2.17. The van der Waals surface area contributed by atoms with Gasteiger partial charge in [0.25, 0.3) is 11.5 Å². The van der Waals surface area contributed by atoms with Crippen molar-refractivity contribution in [2.75, 3.05) is 12.4 Å². The summed E-state index contributed by atoms with van der Waals surface area (Å²) in [6.45, 7) is 1.81. The van der Waals surface area contributed by atoms with E-state index >= 15 is 0 Å². The second-order valence-corrected chi connectivity index (χ2v) is 6.22. The molecule has 138 valence electrons. The molecule has 0 spiro atoms. The Morgan fingerprint density at radius 2 is 1.78 bits per heavy atom. The molecule has 3 rings (SSSR count). The third-order valence-electron chi connectivity index (χ3n) is 4.36. The molecule has 0 fully saturated rings. The fraction of sp³-hybridized carbons (Fsp3) is 0.200. The van der Waals surface area contributed by atoms with Gasteiger partial charge in [-0.2, -0.15) is 5.10 Å². The molecular formula is C20H20N4O3. The minimum Gasteiger partial charge on any atom is -0.355 e. The van der Waals surface area contributed by atoms with Crippen LogP contribution in [0, 0.1) is 6.92 Å².